The summed E-state index contributed by atoms with van der Waals surface area (Å²) in [7, 11) is 0. The van der Waals surface area contributed by atoms with Gasteiger partial charge in [0.25, 0.3) is 0 Å². The highest BCUT2D eigenvalue weighted by Crippen LogP contribution is 2.41. The van der Waals surface area contributed by atoms with E-state index < -0.39 is 0 Å². The van der Waals surface area contributed by atoms with Crippen LogP contribution in [0.1, 0.15) is 0 Å². The molecule has 0 N–H and O–H groups in total. The summed E-state index contributed by atoms with van der Waals surface area (Å²) in [6.07, 6.45) is 0. The molecule has 0 bridgehead atoms. The maximum Gasteiger partial charge on any atom is 0.164 e. The zero-order valence-electron chi connectivity index (χ0n) is 27.5. The Morgan fingerprint density at radius 2 is 0.863 bits per heavy atom. The fraction of sp³-hybridized carbons (Fsp3) is 0. The first-order valence-electron chi connectivity index (χ1n) is 17.1. The molecule has 0 saturated carbocycles. The Kier molecular flexibility index (Phi) is 6.78. The van der Waals surface area contributed by atoms with Crippen molar-refractivity contribution in [3.05, 3.63) is 176 Å². The van der Waals surface area contributed by atoms with Crippen molar-refractivity contribution in [3.63, 3.8) is 0 Å². The van der Waals surface area contributed by atoms with Crippen LogP contribution in [0.25, 0.3) is 99.9 Å². The Morgan fingerprint density at radius 1 is 0.314 bits per heavy atom. The fourth-order valence-corrected chi connectivity index (χ4v) is 7.20. The molecule has 2 heterocycles. The van der Waals surface area contributed by atoms with Crippen molar-refractivity contribution in [2.75, 3.05) is 0 Å². The van der Waals surface area contributed by atoms with E-state index in [0.717, 1.165) is 76.9 Å². The Hall–Kier alpha value is -6.91. The van der Waals surface area contributed by atoms with Crippen LogP contribution < -0.4 is 0 Å². The van der Waals surface area contributed by atoms with Crippen LogP contribution in [-0.2, 0) is 0 Å². The number of hydrogen-bond donors (Lipinski definition) is 0. The van der Waals surface area contributed by atoms with Gasteiger partial charge in [0.1, 0.15) is 11.2 Å². The maximum absolute atomic E-state index is 6.65. The van der Waals surface area contributed by atoms with Gasteiger partial charge >= 0.3 is 0 Å². The van der Waals surface area contributed by atoms with Crippen molar-refractivity contribution in [1.82, 2.24) is 15.0 Å². The molecule has 10 aromatic rings. The van der Waals surface area contributed by atoms with Gasteiger partial charge in [-0.3, -0.25) is 0 Å². The van der Waals surface area contributed by atoms with Crippen LogP contribution in [0.15, 0.2) is 180 Å². The maximum atomic E-state index is 6.65. The minimum Gasteiger partial charge on any atom is -0.455 e. The van der Waals surface area contributed by atoms with Gasteiger partial charge in [0, 0.05) is 32.8 Å². The Morgan fingerprint density at radius 3 is 1.63 bits per heavy atom. The minimum atomic E-state index is 0.614. The standard InChI is InChI=1S/C47H29N3O/c1-3-12-30(13-4-1)32-22-24-34(25-23-32)45-48-46(40-21-11-17-33-16-7-8-18-36(33)40)50-47(49-45)42-29-41-38-27-26-35(31-14-5-2-6-15-31)28-43(38)51-44(41)39-20-10-9-19-37(39)42/h1-29H. The summed E-state index contributed by atoms with van der Waals surface area (Å²) >= 11 is 0. The van der Waals surface area contributed by atoms with Crippen molar-refractivity contribution in [1.29, 1.82) is 0 Å². The van der Waals surface area contributed by atoms with E-state index in [9.17, 15) is 0 Å². The fourth-order valence-electron chi connectivity index (χ4n) is 7.20. The number of benzene rings is 8. The SMILES string of the molecule is c1ccc(-c2ccc(-c3nc(-c4cccc5ccccc45)nc(-c4cc5c6ccc(-c7ccccc7)cc6oc5c5ccccc45)n3)cc2)cc1. The van der Waals surface area contributed by atoms with Crippen LogP contribution in [0.5, 0.6) is 0 Å². The number of hydrogen-bond acceptors (Lipinski definition) is 4. The molecule has 8 aromatic carbocycles. The predicted octanol–water partition coefficient (Wildman–Crippen LogP) is 12.4. The lowest BCUT2D eigenvalue weighted by Gasteiger charge is -2.12. The molecule has 0 spiro atoms. The number of nitrogens with zero attached hydrogens (tertiary/aromatic N) is 3. The molecule has 238 valence electrons. The molecule has 0 saturated heterocycles. The molecule has 0 amide bonds. The van der Waals surface area contributed by atoms with Crippen molar-refractivity contribution >= 4 is 43.5 Å². The minimum absolute atomic E-state index is 0.614. The van der Waals surface area contributed by atoms with Crippen LogP contribution in [0, 0.1) is 0 Å². The van der Waals surface area contributed by atoms with Gasteiger partial charge in [-0.1, -0.05) is 158 Å². The van der Waals surface area contributed by atoms with E-state index in [-0.39, 0.29) is 0 Å². The summed E-state index contributed by atoms with van der Waals surface area (Å²) in [5, 5.41) is 6.35. The average Bonchev–Trinajstić information content (AvgIpc) is 3.59. The number of aromatic nitrogens is 3. The first kappa shape index (κ1) is 29.0. The number of fused-ring (bicyclic) bond motifs is 6. The molecule has 0 aliphatic heterocycles. The topological polar surface area (TPSA) is 51.8 Å². The smallest absolute Gasteiger partial charge is 0.164 e. The zero-order valence-corrected chi connectivity index (χ0v) is 27.5. The van der Waals surface area contributed by atoms with Crippen LogP contribution in [0.4, 0.5) is 0 Å². The van der Waals surface area contributed by atoms with Crippen molar-refractivity contribution in [3.8, 4) is 56.4 Å². The first-order chi connectivity index (χ1) is 25.3. The van der Waals surface area contributed by atoms with E-state index in [1.54, 1.807) is 0 Å². The third-order valence-corrected chi connectivity index (χ3v) is 9.74. The largest absolute Gasteiger partial charge is 0.455 e. The van der Waals surface area contributed by atoms with Crippen molar-refractivity contribution < 1.29 is 4.42 Å². The molecule has 0 radical (unpaired) electrons. The Balaban J connectivity index is 1.20. The highest BCUT2D eigenvalue weighted by molar-refractivity contribution is 6.19. The second kappa shape index (κ2) is 11.9. The normalized spacial score (nSPS) is 11.5. The molecule has 4 nitrogen and oxygen atoms in total. The zero-order chi connectivity index (χ0) is 33.7. The van der Waals surface area contributed by atoms with Crippen molar-refractivity contribution in [2.45, 2.75) is 0 Å². The monoisotopic (exact) mass is 651 g/mol. The Bertz CT molecular complexity index is 2890. The van der Waals surface area contributed by atoms with E-state index in [0.29, 0.717) is 17.5 Å². The molecule has 0 aliphatic rings. The summed E-state index contributed by atoms with van der Waals surface area (Å²) in [6.45, 7) is 0. The van der Waals surface area contributed by atoms with Crippen LogP contribution in [0.3, 0.4) is 0 Å². The first-order valence-corrected chi connectivity index (χ1v) is 17.1. The second-order valence-corrected chi connectivity index (χ2v) is 12.8. The van der Waals surface area contributed by atoms with Gasteiger partial charge < -0.3 is 4.42 Å². The molecule has 10 rings (SSSR count). The summed E-state index contributed by atoms with van der Waals surface area (Å²) < 4.78 is 6.65. The van der Waals surface area contributed by atoms with Gasteiger partial charge in [-0.05, 0) is 56.6 Å². The van der Waals surface area contributed by atoms with E-state index in [1.165, 1.54) is 5.56 Å². The molecule has 0 unspecified atom stereocenters. The van der Waals surface area contributed by atoms with Gasteiger partial charge in [-0.15, -0.1) is 0 Å². The Labute approximate surface area is 294 Å². The molecular formula is C47H29N3O. The van der Waals surface area contributed by atoms with Gasteiger partial charge in [-0.25, -0.2) is 15.0 Å². The molecule has 0 aliphatic carbocycles. The van der Waals surface area contributed by atoms with E-state index in [4.69, 9.17) is 19.4 Å². The average molecular weight is 652 g/mol. The van der Waals surface area contributed by atoms with E-state index >= 15 is 0 Å². The molecule has 2 aromatic heterocycles. The third kappa shape index (κ3) is 5.04. The lowest BCUT2D eigenvalue weighted by atomic mass is 9.98. The van der Waals surface area contributed by atoms with Gasteiger partial charge in [0.05, 0.1) is 0 Å². The highest BCUT2D eigenvalue weighted by Gasteiger charge is 2.20. The van der Waals surface area contributed by atoms with Crippen LogP contribution in [-0.4, -0.2) is 15.0 Å². The van der Waals surface area contributed by atoms with Crippen LogP contribution in [0.2, 0.25) is 0 Å². The predicted molar refractivity (Wildman–Crippen MR) is 209 cm³/mol. The lowest BCUT2D eigenvalue weighted by molar-refractivity contribution is 0.673. The third-order valence-electron chi connectivity index (χ3n) is 9.74. The van der Waals surface area contributed by atoms with Gasteiger partial charge in [0.15, 0.2) is 17.5 Å². The summed E-state index contributed by atoms with van der Waals surface area (Å²) in [6, 6.07) is 61.0. The number of rotatable bonds is 5. The number of furan rings is 1. The molecule has 0 fully saturated rings. The van der Waals surface area contributed by atoms with Crippen LogP contribution >= 0.6 is 0 Å². The van der Waals surface area contributed by atoms with Crippen molar-refractivity contribution in [2.24, 2.45) is 0 Å². The molecule has 4 heteroatoms. The van der Waals surface area contributed by atoms with E-state index in [1.807, 2.05) is 12.1 Å². The molecular weight excluding hydrogens is 623 g/mol. The summed E-state index contributed by atoms with van der Waals surface area (Å²) in [5.41, 5.74) is 9.10. The summed E-state index contributed by atoms with van der Waals surface area (Å²) in [4.78, 5) is 15.6. The molecule has 51 heavy (non-hydrogen) atoms. The quantitative estimate of drug-likeness (QED) is 0.186. The van der Waals surface area contributed by atoms with E-state index in [2.05, 4.69) is 164 Å². The highest BCUT2D eigenvalue weighted by atomic mass is 16.3. The second-order valence-electron chi connectivity index (χ2n) is 12.8. The lowest BCUT2D eigenvalue weighted by Crippen LogP contribution is -2.01. The summed E-state index contributed by atoms with van der Waals surface area (Å²) in [5.74, 6) is 1.87. The molecule has 0 atom stereocenters. The van der Waals surface area contributed by atoms with Gasteiger partial charge in [0.2, 0.25) is 0 Å². The van der Waals surface area contributed by atoms with Gasteiger partial charge in [-0.2, -0.15) is 0 Å².